The van der Waals surface area contributed by atoms with Crippen LogP contribution in [0.3, 0.4) is 0 Å². The molecule has 0 bridgehead atoms. The van der Waals surface area contributed by atoms with Gasteiger partial charge < -0.3 is 11.1 Å². The van der Waals surface area contributed by atoms with Gasteiger partial charge in [-0.1, -0.05) is 60.2 Å². The van der Waals surface area contributed by atoms with Crippen molar-refractivity contribution in [1.82, 2.24) is 10.2 Å². The molecule has 0 fully saturated rings. The Kier molecular flexibility index (Phi) is 11.2. The third kappa shape index (κ3) is 7.34. The van der Waals surface area contributed by atoms with Gasteiger partial charge in [0.15, 0.2) is 0 Å². The topological polar surface area (TPSA) is 58.4 Å². The zero-order chi connectivity index (χ0) is 17.5. The highest BCUT2D eigenvalue weighted by atomic mass is 35.5. The van der Waals surface area contributed by atoms with Crippen molar-refractivity contribution in [3.05, 3.63) is 71.3 Å². The van der Waals surface area contributed by atoms with Gasteiger partial charge in [0.25, 0.3) is 0 Å². The van der Waals surface area contributed by atoms with E-state index in [2.05, 4.69) is 36.3 Å². The average molecular weight is 398 g/mol. The van der Waals surface area contributed by atoms with Crippen LogP contribution in [0.25, 0.3) is 0 Å². The van der Waals surface area contributed by atoms with Crippen LogP contribution in [0.1, 0.15) is 29.7 Å². The molecule has 0 aliphatic heterocycles. The molecule has 0 aliphatic rings. The largest absolute Gasteiger partial charge is 0.353 e. The molecule has 0 aliphatic carbocycles. The molecule has 0 aromatic heterocycles. The van der Waals surface area contributed by atoms with Crippen molar-refractivity contribution in [2.24, 2.45) is 5.73 Å². The van der Waals surface area contributed by atoms with Gasteiger partial charge in [-0.2, -0.15) is 0 Å². The third-order valence-electron chi connectivity index (χ3n) is 4.32. The minimum Gasteiger partial charge on any atom is -0.353 e. The van der Waals surface area contributed by atoms with Crippen molar-refractivity contribution in [2.45, 2.75) is 32.5 Å². The SMILES string of the molecule is Cc1ccc(C(N)C(=O)NCC(C)N(C)Cc2ccccc2)cc1.Cl.Cl. The monoisotopic (exact) mass is 397 g/mol. The van der Waals surface area contributed by atoms with Gasteiger partial charge in [0, 0.05) is 19.1 Å². The smallest absolute Gasteiger partial charge is 0.241 e. The van der Waals surface area contributed by atoms with Crippen molar-refractivity contribution in [1.29, 1.82) is 0 Å². The van der Waals surface area contributed by atoms with Crippen molar-refractivity contribution < 1.29 is 4.79 Å². The number of nitrogens with zero attached hydrogens (tertiary/aromatic N) is 1. The molecule has 0 saturated carbocycles. The van der Waals surface area contributed by atoms with Crippen LogP contribution >= 0.6 is 24.8 Å². The van der Waals surface area contributed by atoms with E-state index in [0.717, 1.165) is 17.7 Å². The van der Waals surface area contributed by atoms with Gasteiger partial charge in [-0.25, -0.2) is 0 Å². The maximum absolute atomic E-state index is 12.3. The van der Waals surface area contributed by atoms with Crippen LogP contribution in [0.2, 0.25) is 0 Å². The number of nitrogens with one attached hydrogen (secondary N) is 1. The summed E-state index contributed by atoms with van der Waals surface area (Å²) in [5, 5.41) is 2.96. The normalized spacial score (nSPS) is 12.5. The number of hydrogen-bond donors (Lipinski definition) is 2. The summed E-state index contributed by atoms with van der Waals surface area (Å²) in [4.78, 5) is 14.5. The van der Waals surface area contributed by atoms with Crippen molar-refractivity contribution in [3.8, 4) is 0 Å². The number of carbonyl (C=O) groups is 1. The fourth-order valence-corrected chi connectivity index (χ4v) is 2.47. The lowest BCUT2D eigenvalue weighted by Gasteiger charge is -2.25. The summed E-state index contributed by atoms with van der Waals surface area (Å²) in [5.41, 5.74) is 9.30. The van der Waals surface area contributed by atoms with E-state index in [1.165, 1.54) is 5.56 Å². The predicted molar refractivity (Wildman–Crippen MR) is 113 cm³/mol. The number of carbonyl (C=O) groups excluding carboxylic acids is 1. The lowest BCUT2D eigenvalue weighted by molar-refractivity contribution is -0.122. The second-order valence-electron chi connectivity index (χ2n) is 6.38. The second-order valence-corrected chi connectivity index (χ2v) is 6.38. The van der Waals surface area contributed by atoms with Crippen LogP contribution in [-0.4, -0.2) is 30.4 Å². The lowest BCUT2D eigenvalue weighted by atomic mass is 10.1. The molecule has 1 amide bonds. The second kappa shape index (κ2) is 11.9. The Morgan fingerprint density at radius 1 is 1.08 bits per heavy atom. The zero-order valence-corrected chi connectivity index (χ0v) is 17.1. The molecule has 2 unspecified atom stereocenters. The first kappa shape index (κ1) is 24.4. The zero-order valence-electron chi connectivity index (χ0n) is 15.5. The maximum atomic E-state index is 12.3. The maximum Gasteiger partial charge on any atom is 0.241 e. The van der Waals surface area contributed by atoms with Crippen LogP contribution in [0, 0.1) is 6.92 Å². The Morgan fingerprint density at radius 2 is 1.65 bits per heavy atom. The Hall–Kier alpha value is -1.59. The van der Waals surface area contributed by atoms with E-state index >= 15 is 0 Å². The van der Waals surface area contributed by atoms with Crippen molar-refractivity contribution >= 4 is 30.7 Å². The number of amides is 1. The summed E-state index contributed by atoms with van der Waals surface area (Å²) in [6, 6.07) is 17.7. The molecule has 0 radical (unpaired) electrons. The summed E-state index contributed by atoms with van der Waals surface area (Å²) >= 11 is 0. The van der Waals surface area contributed by atoms with Crippen LogP contribution in [0.4, 0.5) is 0 Å². The van der Waals surface area contributed by atoms with Crippen LogP contribution in [0.5, 0.6) is 0 Å². The standard InChI is InChI=1S/C20H27N3O.2ClH/c1-15-9-11-18(12-10-15)19(21)20(24)22-13-16(2)23(3)14-17-7-5-4-6-8-17;;/h4-12,16,19H,13-14,21H2,1-3H3,(H,22,24);2*1H. The van der Waals surface area contributed by atoms with Gasteiger partial charge in [-0.3, -0.25) is 9.69 Å². The number of aryl methyl sites for hydroxylation is 1. The molecular weight excluding hydrogens is 369 g/mol. The van der Waals surface area contributed by atoms with Gasteiger partial charge in [-0.05, 0) is 32.0 Å². The van der Waals surface area contributed by atoms with Gasteiger partial charge in [-0.15, -0.1) is 24.8 Å². The number of nitrogens with two attached hydrogens (primary N) is 1. The number of likely N-dealkylation sites (N-methyl/N-ethyl adjacent to an activating group) is 1. The molecule has 0 saturated heterocycles. The molecule has 0 heterocycles. The highest BCUT2D eigenvalue weighted by Gasteiger charge is 2.17. The van der Waals surface area contributed by atoms with E-state index in [9.17, 15) is 4.79 Å². The summed E-state index contributed by atoms with van der Waals surface area (Å²) < 4.78 is 0. The van der Waals surface area contributed by atoms with E-state index in [0.29, 0.717) is 6.54 Å². The predicted octanol–water partition coefficient (Wildman–Crippen LogP) is 3.48. The molecule has 6 heteroatoms. The van der Waals surface area contributed by atoms with Gasteiger partial charge in [0.05, 0.1) is 0 Å². The summed E-state index contributed by atoms with van der Waals surface area (Å²) in [5.74, 6) is -0.140. The highest BCUT2D eigenvalue weighted by molar-refractivity contribution is 5.85. The number of rotatable bonds is 7. The quantitative estimate of drug-likeness (QED) is 0.751. The Bertz CT molecular complexity index is 650. The Morgan fingerprint density at radius 3 is 2.23 bits per heavy atom. The first-order valence-corrected chi connectivity index (χ1v) is 8.31. The first-order chi connectivity index (χ1) is 11.5. The minimum absolute atomic E-state index is 0. The molecule has 2 aromatic rings. The van der Waals surface area contributed by atoms with E-state index in [4.69, 9.17) is 5.73 Å². The van der Waals surface area contributed by atoms with E-state index in [1.807, 2.05) is 49.4 Å². The molecular formula is C20H29Cl2N3O. The first-order valence-electron chi connectivity index (χ1n) is 8.31. The Balaban J connectivity index is 0.00000312. The fraction of sp³-hybridized carbons (Fsp3) is 0.350. The summed E-state index contributed by atoms with van der Waals surface area (Å²) in [7, 11) is 2.06. The summed E-state index contributed by atoms with van der Waals surface area (Å²) in [6.07, 6.45) is 0. The molecule has 2 atom stereocenters. The van der Waals surface area contributed by atoms with Crippen LogP contribution in [-0.2, 0) is 11.3 Å². The van der Waals surface area contributed by atoms with Crippen LogP contribution < -0.4 is 11.1 Å². The van der Waals surface area contributed by atoms with Gasteiger partial charge in [0.1, 0.15) is 6.04 Å². The molecule has 2 aromatic carbocycles. The number of benzene rings is 2. The van der Waals surface area contributed by atoms with Gasteiger partial charge in [0.2, 0.25) is 5.91 Å². The van der Waals surface area contributed by atoms with E-state index in [1.54, 1.807) is 0 Å². The fourth-order valence-electron chi connectivity index (χ4n) is 2.47. The molecule has 0 spiro atoms. The highest BCUT2D eigenvalue weighted by Crippen LogP contribution is 2.12. The van der Waals surface area contributed by atoms with Gasteiger partial charge >= 0.3 is 0 Å². The van der Waals surface area contributed by atoms with Crippen molar-refractivity contribution in [3.63, 3.8) is 0 Å². The average Bonchev–Trinajstić information content (AvgIpc) is 2.60. The van der Waals surface area contributed by atoms with Crippen molar-refractivity contribution in [2.75, 3.05) is 13.6 Å². The molecule has 2 rings (SSSR count). The number of halogens is 2. The molecule has 3 N–H and O–H groups in total. The van der Waals surface area contributed by atoms with E-state index in [-0.39, 0.29) is 36.8 Å². The minimum atomic E-state index is -0.628. The third-order valence-corrected chi connectivity index (χ3v) is 4.32. The van der Waals surface area contributed by atoms with Crippen LogP contribution in [0.15, 0.2) is 54.6 Å². The molecule has 4 nitrogen and oxygen atoms in total. The van der Waals surface area contributed by atoms with E-state index < -0.39 is 6.04 Å². The molecule has 26 heavy (non-hydrogen) atoms. The Labute approximate surface area is 169 Å². The number of hydrogen-bond acceptors (Lipinski definition) is 3. The lowest BCUT2D eigenvalue weighted by Crippen LogP contribution is -2.42. The molecule has 144 valence electrons. The summed E-state index contributed by atoms with van der Waals surface area (Å²) in [6.45, 7) is 5.53.